The van der Waals surface area contributed by atoms with Gasteiger partial charge in [0.05, 0.1) is 28.6 Å². The number of piperidine rings is 1. The monoisotopic (exact) mass is 565 g/mol. The number of nitrogens with zero attached hydrogens (tertiary/aromatic N) is 6. The number of aryl methyl sites for hydroxylation is 1. The van der Waals surface area contributed by atoms with E-state index in [1.807, 2.05) is 46.8 Å². The molecule has 3 atom stereocenters. The zero-order valence-corrected chi connectivity index (χ0v) is 24.0. The van der Waals surface area contributed by atoms with Gasteiger partial charge in [-0.15, -0.1) is 0 Å². The first kappa shape index (κ1) is 27.3. The summed E-state index contributed by atoms with van der Waals surface area (Å²) in [5.74, 6) is 1.05. The second-order valence-electron chi connectivity index (χ2n) is 10.9. The van der Waals surface area contributed by atoms with Gasteiger partial charge < -0.3 is 19.5 Å². The fourth-order valence-corrected chi connectivity index (χ4v) is 5.95. The second-order valence-corrected chi connectivity index (χ2v) is 10.9. The molecule has 214 valence electrons. The number of benzene rings is 2. The van der Waals surface area contributed by atoms with Crippen molar-refractivity contribution in [3.8, 4) is 11.5 Å². The molecule has 42 heavy (non-hydrogen) atoms. The lowest BCUT2D eigenvalue weighted by Crippen LogP contribution is -2.48. The zero-order valence-electron chi connectivity index (χ0n) is 24.0. The van der Waals surface area contributed by atoms with Crippen LogP contribution in [0, 0.1) is 12.7 Å². The molecule has 1 aliphatic rings. The molecule has 0 radical (unpaired) electrons. The molecule has 0 saturated carbocycles. The Labute approximate surface area is 243 Å². The summed E-state index contributed by atoms with van der Waals surface area (Å²) in [5, 5.41) is 3.13. The molecule has 1 amide bonds. The normalized spacial score (nSPS) is 18.8. The number of halogens is 1. The lowest BCUT2D eigenvalue weighted by atomic mass is 9.84. The smallest absolute Gasteiger partial charge is 0.246 e. The highest BCUT2D eigenvalue weighted by molar-refractivity contribution is 5.88. The highest BCUT2D eigenvalue weighted by Gasteiger charge is 2.34. The van der Waals surface area contributed by atoms with Crippen molar-refractivity contribution < 1.29 is 13.9 Å². The van der Waals surface area contributed by atoms with Crippen LogP contribution in [0.5, 0.6) is 11.5 Å². The van der Waals surface area contributed by atoms with Gasteiger partial charge in [0.25, 0.3) is 0 Å². The van der Waals surface area contributed by atoms with E-state index >= 15 is 4.39 Å². The summed E-state index contributed by atoms with van der Waals surface area (Å²) in [5.41, 5.74) is 4.50. The van der Waals surface area contributed by atoms with Crippen LogP contribution in [0.3, 0.4) is 0 Å². The van der Waals surface area contributed by atoms with Crippen LogP contribution in [0.1, 0.15) is 43.9 Å². The molecule has 6 rings (SSSR count). The third-order valence-corrected chi connectivity index (χ3v) is 8.07. The van der Waals surface area contributed by atoms with E-state index in [4.69, 9.17) is 9.72 Å². The minimum Gasteiger partial charge on any atom is -0.457 e. The lowest BCUT2D eigenvalue weighted by Gasteiger charge is -2.42. The van der Waals surface area contributed by atoms with Crippen LogP contribution in [-0.2, 0) is 11.8 Å². The van der Waals surface area contributed by atoms with Gasteiger partial charge in [0.1, 0.15) is 23.3 Å². The highest BCUT2D eigenvalue weighted by Crippen LogP contribution is 2.37. The Balaban J connectivity index is 1.26. The van der Waals surface area contributed by atoms with Crippen LogP contribution in [0.15, 0.2) is 67.8 Å². The number of carbonyl (C=O) groups excluding carboxylic acids is 1. The molecule has 0 bridgehead atoms. The van der Waals surface area contributed by atoms with Crippen molar-refractivity contribution in [2.45, 2.75) is 51.6 Å². The summed E-state index contributed by atoms with van der Waals surface area (Å²) in [6, 6.07) is 12.9. The van der Waals surface area contributed by atoms with E-state index in [-0.39, 0.29) is 29.6 Å². The second kappa shape index (κ2) is 10.8. The molecule has 10 heteroatoms. The van der Waals surface area contributed by atoms with Gasteiger partial charge in [-0.1, -0.05) is 6.58 Å². The van der Waals surface area contributed by atoms with Gasteiger partial charge >= 0.3 is 0 Å². The minimum atomic E-state index is -0.448. The predicted molar refractivity (Wildman–Crippen MR) is 160 cm³/mol. The Kier molecular flexibility index (Phi) is 7.06. The molecule has 2 aromatic carbocycles. The van der Waals surface area contributed by atoms with Gasteiger partial charge in [-0.05, 0) is 76.1 Å². The maximum atomic E-state index is 15.6. The third-order valence-electron chi connectivity index (χ3n) is 8.07. The van der Waals surface area contributed by atoms with E-state index < -0.39 is 5.82 Å². The number of imidazole rings is 1. The summed E-state index contributed by atoms with van der Waals surface area (Å²) in [6.45, 7) is 9.42. The molecule has 4 heterocycles. The van der Waals surface area contributed by atoms with Crippen LogP contribution in [0.2, 0.25) is 0 Å². The molecular weight excluding hydrogens is 533 g/mol. The molecule has 1 aliphatic heterocycles. The molecular formula is C32H32FN7O2. The first-order chi connectivity index (χ1) is 20.2. The van der Waals surface area contributed by atoms with Crippen molar-refractivity contribution in [3.05, 3.63) is 84.8 Å². The fourth-order valence-electron chi connectivity index (χ4n) is 5.95. The van der Waals surface area contributed by atoms with Crippen molar-refractivity contribution in [3.63, 3.8) is 0 Å². The maximum absolute atomic E-state index is 15.6. The molecule has 3 aromatic heterocycles. The van der Waals surface area contributed by atoms with Gasteiger partial charge in [-0.25, -0.2) is 24.3 Å². The SMILES string of the molecule is C=CC(=O)N1[C@H](C)C[C@@H](c2ccc3ncnc(Nc4ccc(Oc5ccc6c(c5)ncn6C)c(C)c4F)c3n2)C[C@@H]1C. The first-order valence-electron chi connectivity index (χ1n) is 13.9. The van der Waals surface area contributed by atoms with Gasteiger partial charge in [-0.2, -0.15) is 0 Å². The Hall–Kier alpha value is -4.86. The van der Waals surface area contributed by atoms with Crippen molar-refractivity contribution in [2.75, 3.05) is 5.32 Å². The number of aromatic nitrogens is 5. The number of ether oxygens (including phenoxy) is 1. The van der Waals surface area contributed by atoms with Crippen molar-refractivity contribution >= 4 is 39.5 Å². The maximum Gasteiger partial charge on any atom is 0.246 e. The summed E-state index contributed by atoms with van der Waals surface area (Å²) < 4.78 is 23.6. The number of amides is 1. The number of hydrogen-bond donors (Lipinski definition) is 1. The molecule has 1 saturated heterocycles. The number of fused-ring (bicyclic) bond motifs is 2. The van der Waals surface area contributed by atoms with Crippen LogP contribution >= 0.6 is 0 Å². The number of anilines is 2. The van der Waals surface area contributed by atoms with Crippen molar-refractivity contribution in [2.24, 2.45) is 7.05 Å². The topological polar surface area (TPSA) is 98.1 Å². The Morgan fingerprint density at radius 2 is 1.86 bits per heavy atom. The zero-order chi connectivity index (χ0) is 29.5. The number of hydrogen-bond acceptors (Lipinski definition) is 7. The number of likely N-dealkylation sites (tertiary alicyclic amines) is 1. The van der Waals surface area contributed by atoms with E-state index in [0.717, 1.165) is 29.6 Å². The summed E-state index contributed by atoms with van der Waals surface area (Å²) in [6.07, 6.45) is 6.11. The van der Waals surface area contributed by atoms with Crippen LogP contribution in [-0.4, -0.2) is 47.4 Å². The van der Waals surface area contributed by atoms with E-state index in [2.05, 4.69) is 40.7 Å². The standard InChI is InChI=1S/C32H32FN7O2/c1-6-29(41)40-18(2)13-21(14-19(40)3)23-8-9-25-31(37-23)32(35-16-34-25)38-24-10-12-28(20(4)30(24)33)42-22-7-11-27-26(15-22)36-17-39(27)5/h6-12,15-19,21H,1,13-14H2,2-5H3,(H,34,35,38)/t18-,19+,21-. The predicted octanol–water partition coefficient (Wildman–Crippen LogP) is 6.56. The van der Waals surface area contributed by atoms with Gasteiger partial charge in [0.2, 0.25) is 5.91 Å². The first-order valence-corrected chi connectivity index (χ1v) is 13.9. The Bertz CT molecular complexity index is 1820. The van der Waals surface area contributed by atoms with E-state index in [1.54, 1.807) is 25.4 Å². The minimum absolute atomic E-state index is 0.0510. The highest BCUT2D eigenvalue weighted by atomic mass is 19.1. The molecule has 0 unspecified atom stereocenters. The molecule has 0 spiro atoms. The largest absolute Gasteiger partial charge is 0.457 e. The Morgan fingerprint density at radius 3 is 2.62 bits per heavy atom. The number of carbonyl (C=O) groups is 1. The lowest BCUT2D eigenvalue weighted by molar-refractivity contribution is -0.132. The Morgan fingerprint density at radius 1 is 1.07 bits per heavy atom. The van der Waals surface area contributed by atoms with E-state index in [0.29, 0.717) is 33.9 Å². The van der Waals surface area contributed by atoms with E-state index in [9.17, 15) is 4.79 Å². The van der Waals surface area contributed by atoms with Gasteiger partial charge in [-0.3, -0.25) is 4.79 Å². The van der Waals surface area contributed by atoms with Crippen LogP contribution < -0.4 is 10.1 Å². The average molecular weight is 566 g/mol. The number of pyridine rings is 1. The molecule has 0 aliphatic carbocycles. The van der Waals surface area contributed by atoms with Crippen LogP contribution in [0.25, 0.3) is 22.1 Å². The molecule has 1 fully saturated rings. The summed E-state index contributed by atoms with van der Waals surface area (Å²) in [7, 11) is 1.93. The number of rotatable bonds is 6. The third kappa shape index (κ3) is 4.93. The quantitative estimate of drug-likeness (QED) is 0.233. The van der Waals surface area contributed by atoms with Gasteiger partial charge in [0.15, 0.2) is 11.6 Å². The van der Waals surface area contributed by atoms with Crippen LogP contribution in [0.4, 0.5) is 15.9 Å². The van der Waals surface area contributed by atoms with Gasteiger partial charge in [0, 0.05) is 42.4 Å². The summed E-state index contributed by atoms with van der Waals surface area (Å²) in [4.78, 5) is 32.3. The molecule has 1 N–H and O–H groups in total. The molecule has 9 nitrogen and oxygen atoms in total. The van der Waals surface area contributed by atoms with Crippen molar-refractivity contribution in [1.29, 1.82) is 0 Å². The van der Waals surface area contributed by atoms with Crippen molar-refractivity contribution in [1.82, 2.24) is 29.4 Å². The fraction of sp³-hybridized carbons (Fsp3) is 0.281. The summed E-state index contributed by atoms with van der Waals surface area (Å²) >= 11 is 0. The average Bonchev–Trinajstić information content (AvgIpc) is 3.35. The number of nitrogens with one attached hydrogen (secondary N) is 1. The molecule has 5 aromatic rings. The van der Waals surface area contributed by atoms with E-state index in [1.165, 1.54) is 12.4 Å².